The molecule has 0 spiro atoms. The minimum Gasteiger partial charge on any atom is -0.494 e. The molecule has 1 aliphatic heterocycles. The molecule has 3 rings (SSSR count). The third-order valence-electron chi connectivity index (χ3n) is 4.35. The maximum absolute atomic E-state index is 14.8. The van der Waals surface area contributed by atoms with Gasteiger partial charge >= 0.3 is 0 Å². The summed E-state index contributed by atoms with van der Waals surface area (Å²) in [5.41, 5.74) is -0.0797. The number of methoxy groups -OCH3 is 1. The Labute approximate surface area is 139 Å². The van der Waals surface area contributed by atoms with Crippen LogP contribution in [0.4, 0.5) is 4.39 Å². The van der Waals surface area contributed by atoms with Gasteiger partial charge in [0, 0.05) is 18.8 Å². The maximum atomic E-state index is 14.8. The van der Waals surface area contributed by atoms with E-state index in [1.807, 2.05) is 0 Å². The molecule has 24 heavy (non-hydrogen) atoms. The van der Waals surface area contributed by atoms with Crippen molar-refractivity contribution in [1.29, 1.82) is 0 Å². The number of benzene rings is 1. The largest absolute Gasteiger partial charge is 0.494 e. The van der Waals surface area contributed by atoms with Crippen molar-refractivity contribution in [2.75, 3.05) is 20.3 Å². The Morgan fingerprint density at radius 2 is 2.17 bits per heavy atom. The minimum absolute atomic E-state index is 0.157. The smallest absolute Gasteiger partial charge is 0.270 e. The molecule has 1 amide bonds. The van der Waals surface area contributed by atoms with E-state index >= 15 is 0 Å². The zero-order valence-electron chi connectivity index (χ0n) is 13.7. The highest BCUT2D eigenvalue weighted by Crippen LogP contribution is 2.36. The zero-order valence-corrected chi connectivity index (χ0v) is 13.7. The Bertz CT molecular complexity index is 738. The molecule has 1 saturated heterocycles. The molecule has 0 unspecified atom stereocenters. The quantitative estimate of drug-likeness (QED) is 0.900. The second-order valence-corrected chi connectivity index (χ2v) is 5.85. The Morgan fingerprint density at radius 3 is 2.79 bits per heavy atom. The summed E-state index contributed by atoms with van der Waals surface area (Å²) in [5.74, 6) is 0.0291. The number of aromatic nitrogens is 2. The van der Waals surface area contributed by atoms with E-state index in [0.29, 0.717) is 43.1 Å². The Kier molecular flexibility index (Phi) is 4.53. The van der Waals surface area contributed by atoms with Crippen molar-refractivity contribution in [2.45, 2.75) is 25.3 Å². The van der Waals surface area contributed by atoms with Crippen molar-refractivity contribution in [3.05, 3.63) is 47.3 Å². The fourth-order valence-corrected chi connectivity index (χ4v) is 3.04. The van der Waals surface area contributed by atoms with E-state index < -0.39 is 11.4 Å². The lowest BCUT2D eigenvalue weighted by Gasteiger charge is -2.38. The lowest BCUT2D eigenvalue weighted by atomic mass is 9.82. The number of carbonyl (C=O) groups excluding carboxylic acids is 1. The number of amides is 1. The summed E-state index contributed by atoms with van der Waals surface area (Å²) in [7, 11) is 1.42. The number of hydrogen-bond donors (Lipinski definition) is 2. The Hall–Kier alpha value is -2.41. The van der Waals surface area contributed by atoms with Crippen LogP contribution in [0.15, 0.2) is 24.4 Å². The first-order valence-electron chi connectivity index (χ1n) is 7.80. The van der Waals surface area contributed by atoms with Gasteiger partial charge in [-0.15, -0.1) is 0 Å². The van der Waals surface area contributed by atoms with Gasteiger partial charge in [-0.2, -0.15) is 0 Å². The van der Waals surface area contributed by atoms with Crippen LogP contribution >= 0.6 is 0 Å². The molecule has 1 aromatic carbocycles. The molecule has 2 N–H and O–H groups in total. The first-order valence-corrected chi connectivity index (χ1v) is 7.80. The van der Waals surface area contributed by atoms with Gasteiger partial charge in [0.25, 0.3) is 5.91 Å². The fourth-order valence-electron chi connectivity index (χ4n) is 3.04. The van der Waals surface area contributed by atoms with Crippen molar-refractivity contribution in [1.82, 2.24) is 15.3 Å². The number of rotatable bonds is 4. The van der Waals surface area contributed by atoms with E-state index in [1.165, 1.54) is 13.3 Å². The highest BCUT2D eigenvalue weighted by Gasteiger charge is 2.39. The summed E-state index contributed by atoms with van der Waals surface area (Å²) in [5, 5.41) is 2.98. The average molecular weight is 333 g/mol. The van der Waals surface area contributed by atoms with E-state index in [1.54, 1.807) is 25.1 Å². The summed E-state index contributed by atoms with van der Waals surface area (Å²) in [6, 6.07) is 4.97. The molecule has 1 aliphatic rings. The van der Waals surface area contributed by atoms with Gasteiger partial charge in [-0.25, -0.2) is 9.37 Å². The number of ether oxygens (including phenoxy) is 2. The third kappa shape index (κ3) is 2.99. The number of nitrogens with one attached hydrogen (secondary N) is 2. The molecule has 2 aromatic rings. The zero-order chi connectivity index (χ0) is 17.2. The van der Waals surface area contributed by atoms with E-state index in [-0.39, 0.29) is 11.7 Å². The standard InChI is InChI=1S/C17H20FN3O3/c1-11-19-10-13(20-11)16(22)21-17(6-8-24-9-7-17)12-4-3-5-14(23-2)15(12)18/h3-5,10H,6-9H2,1-2H3,(H,19,20)(H,21,22). The molecule has 0 bridgehead atoms. The van der Waals surface area contributed by atoms with Crippen LogP contribution in [0.5, 0.6) is 5.75 Å². The van der Waals surface area contributed by atoms with E-state index in [0.717, 1.165) is 0 Å². The molecular weight excluding hydrogens is 313 g/mol. The van der Waals surface area contributed by atoms with Gasteiger partial charge in [0.2, 0.25) is 0 Å². The molecule has 1 fully saturated rings. The van der Waals surface area contributed by atoms with Gasteiger partial charge < -0.3 is 19.8 Å². The number of nitrogens with zero attached hydrogens (tertiary/aromatic N) is 1. The second kappa shape index (κ2) is 6.60. The summed E-state index contributed by atoms with van der Waals surface area (Å²) < 4.78 is 25.3. The molecule has 0 saturated carbocycles. The number of H-pyrrole nitrogens is 1. The van der Waals surface area contributed by atoms with Crippen molar-refractivity contribution in [3.8, 4) is 5.75 Å². The third-order valence-corrected chi connectivity index (χ3v) is 4.35. The van der Waals surface area contributed by atoms with Gasteiger partial charge in [-0.1, -0.05) is 12.1 Å². The highest BCUT2D eigenvalue weighted by molar-refractivity contribution is 5.92. The number of aromatic amines is 1. The number of carbonyl (C=O) groups is 1. The van der Waals surface area contributed by atoms with Crippen molar-refractivity contribution < 1.29 is 18.7 Å². The summed E-state index contributed by atoms with van der Waals surface area (Å²) in [6.07, 6.45) is 2.44. The molecule has 1 aromatic heterocycles. The van der Waals surface area contributed by atoms with Crippen molar-refractivity contribution in [3.63, 3.8) is 0 Å². The lowest BCUT2D eigenvalue weighted by molar-refractivity contribution is 0.0330. The monoisotopic (exact) mass is 333 g/mol. The van der Waals surface area contributed by atoms with Gasteiger partial charge in [-0.05, 0) is 25.8 Å². The number of hydrogen-bond acceptors (Lipinski definition) is 4. The predicted molar refractivity (Wildman–Crippen MR) is 85.5 cm³/mol. The Balaban J connectivity index is 1.97. The van der Waals surface area contributed by atoms with Crippen LogP contribution in [-0.4, -0.2) is 36.2 Å². The van der Waals surface area contributed by atoms with Crippen LogP contribution in [0, 0.1) is 12.7 Å². The van der Waals surface area contributed by atoms with Gasteiger partial charge in [0.1, 0.15) is 11.5 Å². The second-order valence-electron chi connectivity index (χ2n) is 5.85. The topological polar surface area (TPSA) is 76.2 Å². The molecular formula is C17H20FN3O3. The van der Waals surface area contributed by atoms with E-state index in [2.05, 4.69) is 15.3 Å². The average Bonchev–Trinajstić information content (AvgIpc) is 3.02. The van der Waals surface area contributed by atoms with Crippen LogP contribution in [0.2, 0.25) is 0 Å². The first kappa shape index (κ1) is 16.4. The molecule has 0 atom stereocenters. The SMILES string of the molecule is COc1cccc(C2(NC(=O)c3cnc(C)[nH]3)CCOCC2)c1F. The molecule has 2 heterocycles. The van der Waals surface area contributed by atoms with Crippen LogP contribution in [-0.2, 0) is 10.3 Å². The molecule has 7 heteroatoms. The predicted octanol–water partition coefficient (Wildman–Crippen LogP) is 2.30. The highest BCUT2D eigenvalue weighted by atomic mass is 19.1. The van der Waals surface area contributed by atoms with Crippen molar-refractivity contribution >= 4 is 5.91 Å². The van der Waals surface area contributed by atoms with Crippen LogP contribution in [0.3, 0.4) is 0 Å². The summed E-state index contributed by atoms with van der Waals surface area (Å²) in [6.45, 7) is 2.65. The first-order chi connectivity index (χ1) is 11.6. The summed E-state index contributed by atoms with van der Waals surface area (Å²) >= 11 is 0. The van der Waals surface area contributed by atoms with Crippen LogP contribution < -0.4 is 10.1 Å². The molecule has 0 radical (unpaired) electrons. The van der Waals surface area contributed by atoms with Crippen LogP contribution in [0.25, 0.3) is 0 Å². The van der Waals surface area contributed by atoms with Gasteiger partial charge in [0.05, 0.1) is 18.8 Å². The number of halogens is 1. The van der Waals surface area contributed by atoms with E-state index in [4.69, 9.17) is 9.47 Å². The fraction of sp³-hybridized carbons (Fsp3) is 0.412. The number of imidazole rings is 1. The molecule has 6 nitrogen and oxygen atoms in total. The molecule has 128 valence electrons. The van der Waals surface area contributed by atoms with E-state index in [9.17, 15) is 9.18 Å². The lowest BCUT2D eigenvalue weighted by Crippen LogP contribution is -2.50. The van der Waals surface area contributed by atoms with Crippen LogP contribution in [0.1, 0.15) is 34.7 Å². The Morgan fingerprint density at radius 1 is 1.42 bits per heavy atom. The van der Waals surface area contributed by atoms with Crippen molar-refractivity contribution in [2.24, 2.45) is 0 Å². The van der Waals surface area contributed by atoms with Gasteiger partial charge in [0.15, 0.2) is 11.6 Å². The summed E-state index contributed by atoms with van der Waals surface area (Å²) in [4.78, 5) is 19.5. The van der Waals surface area contributed by atoms with Gasteiger partial charge in [-0.3, -0.25) is 4.79 Å². The molecule has 0 aliphatic carbocycles. The minimum atomic E-state index is -0.840. The normalized spacial score (nSPS) is 16.6. The number of aryl methyl sites for hydroxylation is 1. The maximum Gasteiger partial charge on any atom is 0.270 e.